The predicted molar refractivity (Wildman–Crippen MR) is 85.1 cm³/mol. The van der Waals surface area contributed by atoms with E-state index in [0.717, 1.165) is 0 Å². The first-order valence-corrected chi connectivity index (χ1v) is 7.31. The quantitative estimate of drug-likeness (QED) is 0.745. The van der Waals surface area contributed by atoms with Crippen LogP contribution < -0.4 is 5.32 Å². The number of anilines is 1. The monoisotopic (exact) mass is 333 g/mol. The van der Waals surface area contributed by atoms with Crippen LogP contribution in [-0.2, 0) is 0 Å². The second-order valence-electron chi connectivity index (χ2n) is 5.24. The van der Waals surface area contributed by atoms with Crippen LogP contribution in [0.1, 0.15) is 30.2 Å². The van der Waals surface area contributed by atoms with Crippen LogP contribution in [0.4, 0.5) is 10.3 Å². The first-order chi connectivity index (χ1) is 10.9. The van der Waals surface area contributed by atoms with Gasteiger partial charge in [0.2, 0.25) is 5.95 Å². The van der Waals surface area contributed by atoms with E-state index in [9.17, 15) is 9.18 Å². The van der Waals surface area contributed by atoms with E-state index in [2.05, 4.69) is 20.4 Å². The van der Waals surface area contributed by atoms with Crippen LogP contribution in [0.3, 0.4) is 0 Å². The molecule has 0 aliphatic heterocycles. The second-order valence-corrected chi connectivity index (χ2v) is 5.60. The third-order valence-electron chi connectivity index (χ3n) is 3.21. The lowest BCUT2D eigenvalue weighted by Crippen LogP contribution is -2.14. The zero-order valence-corrected chi connectivity index (χ0v) is 13.2. The van der Waals surface area contributed by atoms with Crippen LogP contribution in [-0.4, -0.2) is 25.7 Å². The number of aromatic nitrogens is 4. The molecule has 1 aromatic carbocycles. The molecule has 0 atom stereocenters. The first-order valence-electron chi connectivity index (χ1n) is 6.93. The van der Waals surface area contributed by atoms with Crippen molar-refractivity contribution in [1.82, 2.24) is 19.7 Å². The molecular weight excluding hydrogens is 321 g/mol. The molecule has 2 aromatic heterocycles. The van der Waals surface area contributed by atoms with E-state index in [4.69, 9.17) is 11.6 Å². The summed E-state index contributed by atoms with van der Waals surface area (Å²) < 4.78 is 14.6. The van der Waals surface area contributed by atoms with Gasteiger partial charge in [-0.05, 0) is 38.1 Å². The number of nitrogens with zero attached hydrogens (tertiary/aromatic N) is 4. The zero-order chi connectivity index (χ0) is 16.6. The van der Waals surface area contributed by atoms with Gasteiger partial charge in [0.05, 0.1) is 5.39 Å². The number of fused-ring (bicyclic) bond motifs is 1. The maximum Gasteiger partial charge on any atom is 0.258 e. The zero-order valence-electron chi connectivity index (χ0n) is 12.4. The van der Waals surface area contributed by atoms with Crippen molar-refractivity contribution in [2.45, 2.75) is 19.9 Å². The summed E-state index contributed by atoms with van der Waals surface area (Å²) in [6.45, 7) is 3.95. The number of nitrogens with one attached hydrogen (secondary N) is 1. The minimum Gasteiger partial charge on any atom is -0.290 e. The lowest BCUT2D eigenvalue weighted by molar-refractivity contribution is 0.102. The Morgan fingerprint density at radius 3 is 2.61 bits per heavy atom. The van der Waals surface area contributed by atoms with Crippen molar-refractivity contribution in [3.63, 3.8) is 0 Å². The third kappa shape index (κ3) is 3.14. The van der Waals surface area contributed by atoms with Crippen LogP contribution in [0.5, 0.6) is 0 Å². The van der Waals surface area contributed by atoms with Gasteiger partial charge in [-0.25, -0.2) is 4.39 Å². The summed E-state index contributed by atoms with van der Waals surface area (Å²) in [4.78, 5) is 20.3. The largest absolute Gasteiger partial charge is 0.290 e. The number of halogens is 2. The van der Waals surface area contributed by atoms with Gasteiger partial charge in [-0.1, -0.05) is 11.6 Å². The fraction of sp³-hybridized carbons (Fsp3) is 0.200. The molecule has 0 aliphatic rings. The highest BCUT2D eigenvalue weighted by atomic mass is 35.5. The van der Waals surface area contributed by atoms with E-state index in [1.54, 1.807) is 10.9 Å². The van der Waals surface area contributed by atoms with Crippen molar-refractivity contribution in [2.24, 2.45) is 0 Å². The summed E-state index contributed by atoms with van der Waals surface area (Å²) in [5.74, 6) is -0.823. The van der Waals surface area contributed by atoms with Crippen LogP contribution in [0, 0.1) is 5.82 Å². The topological polar surface area (TPSA) is 72.7 Å². The Kier molecular flexibility index (Phi) is 3.96. The van der Waals surface area contributed by atoms with E-state index in [-0.39, 0.29) is 17.1 Å². The molecule has 0 saturated heterocycles. The van der Waals surface area contributed by atoms with Crippen LogP contribution in [0.15, 0.2) is 30.5 Å². The Bertz CT molecular complexity index is 875. The van der Waals surface area contributed by atoms with Gasteiger partial charge in [-0.3, -0.25) is 14.8 Å². The number of carbonyl (C=O) groups excluding carboxylic acids is 1. The highest BCUT2D eigenvalue weighted by Crippen LogP contribution is 2.22. The maximum absolute atomic E-state index is 12.9. The molecule has 0 unspecified atom stereocenters. The molecule has 0 bridgehead atoms. The summed E-state index contributed by atoms with van der Waals surface area (Å²) in [7, 11) is 0. The molecule has 0 radical (unpaired) electrons. The minimum absolute atomic E-state index is 0.0471. The number of hydrogen-bond donors (Lipinski definition) is 1. The van der Waals surface area contributed by atoms with Gasteiger partial charge in [-0.2, -0.15) is 15.1 Å². The molecule has 3 rings (SSSR count). The summed E-state index contributed by atoms with van der Waals surface area (Å²) in [5.41, 5.74) is 0.687. The van der Waals surface area contributed by atoms with Gasteiger partial charge in [0.25, 0.3) is 5.91 Å². The number of amides is 1. The Hall–Kier alpha value is -2.54. The Morgan fingerprint density at radius 2 is 1.96 bits per heavy atom. The van der Waals surface area contributed by atoms with Crippen molar-refractivity contribution < 1.29 is 9.18 Å². The summed E-state index contributed by atoms with van der Waals surface area (Å²) in [6, 6.07) is 5.31. The van der Waals surface area contributed by atoms with Gasteiger partial charge >= 0.3 is 0 Å². The van der Waals surface area contributed by atoms with Crippen LogP contribution in [0.25, 0.3) is 11.0 Å². The average molecular weight is 334 g/mol. The Morgan fingerprint density at radius 1 is 1.26 bits per heavy atom. The molecule has 0 spiro atoms. The van der Waals surface area contributed by atoms with Crippen LogP contribution in [0.2, 0.25) is 5.15 Å². The molecule has 3 aromatic rings. The SMILES string of the molecule is CC(C)n1cc2c(Cl)nc(NC(=O)c3ccc(F)cc3)nc2n1. The maximum atomic E-state index is 12.9. The van der Waals surface area contributed by atoms with Crippen molar-refractivity contribution in [2.75, 3.05) is 5.32 Å². The highest BCUT2D eigenvalue weighted by molar-refractivity contribution is 6.34. The Balaban J connectivity index is 1.90. The third-order valence-corrected chi connectivity index (χ3v) is 3.50. The van der Waals surface area contributed by atoms with E-state index in [1.807, 2.05) is 13.8 Å². The number of rotatable bonds is 3. The van der Waals surface area contributed by atoms with Crippen molar-refractivity contribution >= 4 is 34.5 Å². The first kappa shape index (κ1) is 15.4. The van der Waals surface area contributed by atoms with E-state index in [0.29, 0.717) is 16.6 Å². The Labute approximate surface area is 136 Å². The lowest BCUT2D eigenvalue weighted by Gasteiger charge is -2.04. The standard InChI is InChI=1S/C15H13ClFN5O/c1-8(2)22-7-11-12(16)18-15(19-13(11)21-22)20-14(23)9-3-5-10(17)6-4-9/h3-8H,1-2H3,(H,19,20,21,23). The molecule has 118 valence electrons. The molecule has 0 aliphatic carbocycles. The summed E-state index contributed by atoms with van der Waals surface area (Å²) >= 11 is 6.13. The fourth-order valence-corrected chi connectivity index (χ4v) is 2.20. The second kappa shape index (κ2) is 5.92. The summed E-state index contributed by atoms with van der Waals surface area (Å²) in [6.07, 6.45) is 1.76. The normalized spacial score (nSPS) is 11.2. The van der Waals surface area contributed by atoms with E-state index in [1.165, 1.54) is 24.3 Å². The van der Waals surface area contributed by atoms with Crippen molar-refractivity contribution in [3.8, 4) is 0 Å². The number of carbonyl (C=O) groups is 1. The van der Waals surface area contributed by atoms with Gasteiger partial charge in [0.1, 0.15) is 11.0 Å². The molecule has 6 nitrogen and oxygen atoms in total. The molecular formula is C15H13ClFN5O. The lowest BCUT2D eigenvalue weighted by atomic mass is 10.2. The van der Waals surface area contributed by atoms with Gasteiger partial charge < -0.3 is 0 Å². The van der Waals surface area contributed by atoms with Crippen molar-refractivity contribution in [3.05, 3.63) is 47.0 Å². The highest BCUT2D eigenvalue weighted by Gasteiger charge is 2.14. The molecule has 0 fully saturated rings. The van der Waals surface area contributed by atoms with Gasteiger partial charge in [-0.15, -0.1) is 0 Å². The molecule has 1 N–H and O–H groups in total. The molecule has 8 heteroatoms. The molecule has 1 amide bonds. The van der Waals surface area contributed by atoms with E-state index >= 15 is 0 Å². The number of hydrogen-bond acceptors (Lipinski definition) is 4. The van der Waals surface area contributed by atoms with E-state index < -0.39 is 11.7 Å². The summed E-state index contributed by atoms with van der Waals surface area (Å²) in [5, 5.41) is 7.65. The predicted octanol–water partition coefficient (Wildman–Crippen LogP) is 3.45. The van der Waals surface area contributed by atoms with Gasteiger partial charge in [0.15, 0.2) is 5.65 Å². The average Bonchev–Trinajstić information content (AvgIpc) is 2.92. The van der Waals surface area contributed by atoms with Crippen molar-refractivity contribution in [1.29, 1.82) is 0 Å². The molecule has 2 heterocycles. The molecule has 0 saturated carbocycles. The van der Waals surface area contributed by atoms with Crippen LogP contribution >= 0.6 is 11.6 Å². The molecule has 23 heavy (non-hydrogen) atoms. The van der Waals surface area contributed by atoms with Gasteiger partial charge in [0, 0.05) is 17.8 Å². The smallest absolute Gasteiger partial charge is 0.258 e. The minimum atomic E-state index is -0.455. The fourth-order valence-electron chi connectivity index (χ4n) is 1.98. The number of benzene rings is 1.